The third-order valence-corrected chi connectivity index (χ3v) is 2.01. The first-order valence-corrected chi connectivity index (χ1v) is 4.89. The van der Waals surface area contributed by atoms with E-state index in [9.17, 15) is 5.11 Å². The summed E-state index contributed by atoms with van der Waals surface area (Å²) in [6.07, 6.45) is 4.52. The van der Waals surface area contributed by atoms with E-state index in [0.717, 1.165) is 5.56 Å². The molecular weight excluding hydrogens is 224 g/mol. The lowest BCUT2D eigenvalue weighted by Gasteiger charge is -1.92. The Morgan fingerprint density at radius 3 is 2.69 bits per heavy atom. The second-order valence-electron chi connectivity index (χ2n) is 3.05. The van der Waals surface area contributed by atoms with E-state index in [0.29, 0.717) is 10.7 Å². The highest BCUT2D eigenvalue weighted by molar-refractivity contribution is 6.29. The van der Waals surface area contributed by atoms with Gasteiger partial charge in [-0.25, -0.2) is 4.98 Å². The maximum atomic E-state index is 9.19. The van der Waals surface area contributed by atoms with E-state index in [1.54, 1.807) is 30.6 Å². The van der Waals surface area contributed by atoms with Crippen LogP contribution in [0, 0.1) is 11.8 Å². The largest absolute Gasteiger partial charge is 0.506 e. The number of rotatable bonds is 0. The van der Waals surface area contributed by atoms with Gasteiger partial charge in [-0.05, 0) is 18.2 Å². The maximum absolute atomic E-state index is 9.19. The van der Waals surface area contributed by atoms with Crippen LogP contribution in [0.5, 0.6) is 5.75 Å². The van der Waals surface area contributed by atoms with Crippen LogP contribution in [0.3, 0.4) is 0 Å². The third kappa shape index (κ3) is 2.72. The van der Waals surface area contributed by atoms with Crippen molar-refractivity contribution in [3.8, 4) is 17.6 Å². The van der Waals surface area contributed by atoms with Crippen molar-refractivity contribution >= 4 is 11.6 Å². The average Bonchev–Trinajstić information content (AvgIpc) is 2.27. The standard InChI is InChI=1S/C12H7ClN2O/c13-12-6-9(3-4-15-12)1-2-10-5-11(16)8-14-7-10/h3-8,16H. The Kier molecular flexibility index (Phi) is 3.04. The van der Waals surface area contributed by atoms with Gasteiger partial charge in [-0.2, -0.15) is 0 Å². The number of nitrogens with zero attached hydrogens (tertiary/aromatic N) is 2. The number of halogens is 1. The monoisotopic (exact) mass is 230 g/mol. The summed E-state index contributed by atoms with van der Waals surface area (Å²) in [4.78, 5) is 7.68. The van der Waals surface area contributed by atoms with Gasteiger partial charge in [0.25, 0.3) is 0 Å². The Balaban J connectivity index is 2.28. The predicted octanol–water partition coefficient (Wildman–Crippen LogP) is 2.24. The molecule has 2 aromatic heterocycles. The number of pyridine rings is 2. The van der Waals surface area contributed by atoms with Crippen LogP contribution in [0.2, 0.25) is 5.15 Å². The molecule has 0 fully saturated rings. The number of hydrogen-bond acceptors (Lipinski definition) is 3. The Labute approximate surface area is 97.8 Å². The molecule has 2 aromatic rings. The lowest BCUT2D eigenvalue weighted by molar-refractivity contribution is 0.472. The van der Waals surface area contributed by atoms with E-state index in [-0.39, 0.29) is 5.75 Å². The fraction of sp³-hybridized carbons (Fsp3) is 0. The van der Waals surface area contributed by atoms with Crippen LogP contribution >= 0.6 is 11.6 Å². The van der Waals surface area contributed by atoms with Crippen molar-refractivity contribution < 1.29 is 5.11 Å². The molecule has 0 unspecified atom stereocenters. The first kappa shape index (κ1) is 10.5. The normalized spacial score (nSPS) is 9.31. The molecule has 0 aliphatic heterocycles. The van der Waals surface area contributed by atoms with Gasteiger partial charge in [-0.1, -0.05) is 23.4 Å². The minimum absolute atomic E-state index is 0.0968. The Morgan fingerprint density at radius 2 is 1.94 bits per heavy atom. The highest BCUT2D eigenvalue weighted by Gasteiger charge is 1.92. The Hall–Kier alpha value is -2.05. The quantitative estimate of drug-likeness (QED) is 0.558. The summed E-state index contributed by atoms with van der Waals surface area (Å²) in [6, 6.07) is 4.97. The highest BCUT2D eigenvalue weighted by Crippen LogP contribution is 2.08. The summed E-state index contributed by atoms with van der Waals surface area (Å²) in [6.45, 7) is 0. The molecule has 0 atom stereocenters. The summed E-state index contributed by atoms with van der Waals surface area (Å²) in [5, 5.41) is 9.60. The molecule has 0 spiro atoms. The fourth-order valence-electron chi connectivity index (χ4n) is 1.12. The van der Waals surface area contributed by atoms with Gasteiger partial charge in [0.1, 0.15) is 10.9 Å². The van der Waals surface area contributed by atoms with Gasteiger partial charge in [0.05, 0.1) is 6.20 Å². The molecule has 0 saturated carbocycles. The van der Waals surface area contributed by atoms with Gasteiger partial charge >= 0.3 is 0 Å². The van der Waals surface area contributed by atoms with Crippen LogP contribution in [0.1, 0.15) is 11.1 Å². The van der Waals surface area contributed by atoms with E-state index >= 15 is 0 Å². The number of hydrogen-bond donors (Lipinski definition) is 1. The zero-order chi connectivity index (χ0) is 11.4. The smallest absolute Gasteiger partial charge is 0.135 e. The van der Waals surface area contributed by atoms with Gasteiger partial charge in [0.15, 0.2) is 0 Å². The van der Waals surface area contributed by atoms with Gasteiger partial charge in [0, 0.05) is 23.5 Å². The van der Waals surface area contributed by atoms with Crippen LogP contribution in [0.25, 0.3) is 0 Å². The molecule has 0 aromatic carbocycles. The van der Waals surface area contributed by atoms with Crippen LogP contribution in [-0.4, -0.2) is 15.1 Å². The molecular formula is C12H7ClN2O. The van der Waals surface area contributed by atoms with E-state index in [2.05, 4.69) is 21.8 Å². The molecule has 0 saturated heterocycles. The Morgan fingerprint density at radius 1 is 1.12 bits per heavy atom. The van der Waals surface area contributed by atoms with Crippen molar-refractivity contribution in [3.05, 3.63) is 53.1 Å². The zero-order valence-corrected chi connectivity index (χ0v) is 8.94. The maximum Gasteiger partial charge on any atom is 0.135 e. The molecule has 2 rings (SSSR count). The van der Waals surface area contributed by atoms with Crippen LogP contribution in [-0.2, 0) is 0 Å². The van der Waals surface area contributed by atoms with Crippen LogP contribution in [0.15, 0.2) is 36.8 Å². The molecule has 78 valence electrons. The van der Waals surface area contributed by atoms with Crippen molar-refractivity contribution in [1.82, 2.24) is 9.97 Å². The topological polar surface area (TPSA) is 46.0 Å². The third-order valence-electron chi connectivity index (χ3n) is 1.80. The van der Waals surface area contributed by atoms with Gasteiger partial charge < -0.3 is 5.11 Å². The minimum Gasteiger partial charge on any atom is -0.506 e. The lowest BCUT2D eigenvalue weighted by Crippen LogP contribution is -1.80. The summed E-state index contributed by atoms with van der Waals surface area (Å²) >= 11 is 5.72. The molecule has 0 bridgehead atoms. The van der Waals surface area contributed by atoms with E-state index in [1.165, 1.54) is 6.20 Å². The molecule has 0 aliphatic rings. The fourth-order valence-corrected chi connectivity index (χ4v) is 1.29. The number of aromatic hydroxyl groups is 1. The number of aromatic nitrogens is 2. The molecule has 3 nitrogen and oxygen atoms in total. The van der Waals surface area contributed by atoms with E-state index in [4.69, 9.17) is 11.6 Å². The molecule has 4 heteroatoms. The van der Waals surface area contributed by atoms with Crippen molar-refractivity contribution in [1.29, 1.82) is 0 Å². The van der Waals surface area contributed by atoms with Crippen molar-refractivity contribution in [2.24, 2.45) is 0 Å². The molecule has 0 aliphatic carbocycles. The Bertz CT molecular complexity index is 523. The summed E-state index contributed by atoms with van der Waals surface area (Å²) in [7, 11) is 0. The molecule has 2 heterocycles. The van der Waals surface area contributed by atoms with Crippen LogP contribution in [0.4, 0.5) is 0 Å². The first-order valence-electron chi connectivity index (χ1n) is 4.51. The zero-order valence-electron chi connectivity index (χ0n) is 8.18. The second-order valence-corrected chi connectivity index (χ2v) is 3.44. The van der Waals surface area contributed by atoms with Crippen molar-refractivity contribution in [3.63, 3.8) is 0 Å². The second kappa shape index (κ2) is 4.65. The average molecular weight is 231 g/mol. The van der Waals surface area contributed by atoms with E-state index < -0.39 is 0 Å². The molecule has 1 N–H and O–H groups in total. The van der Waals surface area contributed by atoms with Gasteiger partial charge in [-0.15, -0.1) is 0 Å². The summed E-state index contributed by atoms with van der Waals surface area (Å²) in [5.74, 6) is 5.87. The first-order chi connectivity index (χ1) is 7.74. The highest BCUT2D eigenvalue weighted by atomic mass is 35.5. The van der Waals surface area contributed by atoms with Gasteiger partial charge in [0.2, 0.25) is 0 Å². The summed E-state index contributed by atoms with van der Waals surface area (Å²) < 4.78 is 0. The van der Waals surface area contributed by atoms with E-state index in [1.807, 2.05) is 0 Å². The summed E-state index contributed by atoms with van der Waals surface area (Å²) in [5.41, 5.74) is 1.41. The van der Waals surface area contributed by atoms with Gasteiger partial charge in [-0.3, -0.25) is 4.98 Å². The molecule has 0 radical (unpaired) electrons. The van der Waals surface area contributed by atoms with Crippen LogP contribution < -0.4 is 0 Å². The molecule has 16 heavy (non-hydrogen) atoms. The van der Waals surface area contributed by atoms with Crippen molar-refractivity contribution in [2.75, 3.05) is 0 Å². The SMILES string of the molecule is Oc1cncc(C#Cc2ccnc(Cl)c2)c1. The minimum atomic E-state index is 0.0968. The lowest BCUT2D eigenvalue weighted by atomic mass is 10.2. The molecule has 0 amide bonds. The predicted molar refractivity (Wildman–Crippen MR) is 61.1 cm³/mol. The van der Waals surface area contributed by atoms with Crippen molar-refractivity contribution in [2.45, 2.75) is 0 Å².